The summed E-state index contributed by atoms with van der Waals surface area (Å²) < 4.78 is 7.74. The van der Waals surface area contributed by atoms with Crippen molar-refractivity contribution in [2.75, 3.05) is 0 Å². The Kier molecular flexibility index (Phi) is 13.3. The first-order valence-corrected chi connectivity index (χ1v) is 27.2. The first kappa shape index (κ1) is 40.8. The number of hydrogen-bond acceptors (Lipinski definition) is 4. The topological polar surface area (TPSA) is 51.8 Å². The monoisotopic (exact) mass is 966 g/mol. The van der Waals surface area contributed by atoms with Gasteiger partial charge in [0.05, 0.1) is 11.3 Å². The summed E-state index contributed by atoms with van der Waals surface area (Å²) >= 11 is -1.94. The summed E-state index contributed by atoms with van der Waals surface area (Å²) in [6, 6.07) is 38.2. The van der Waals surface area contributed by atoms with Gasteiger partial charge in [0.25, 0.3) is 0 Å². The van der Waals surface area contributed by atoms with E-state index in [1.54, 1.807) is 9.96 Å². The molecule has 285 valence electrons. The van der Waals surface area contributed by atoms with Gasteiger partial charge in [0, 0.05) is 37.3 Å². The van der Waals surface area contributed by atoms with Crippen LogP contribution in [0.5, 0.6) is 0 Å². The van der Waals surface area contributed by atoms with E-state index in [2.05, 4.69) is 123 Å². The summed E-state index contributed by atoms with van der Waals surface area (Å²) in [5.41, 5.74) is 13.0. The Hall–Kier alpha value is -3.90. The molecule has 4 aromatic heterocycles. The Labute approximate surface area is 344 Å². The third kappa shape index (κ3) is 9.22. The standard InChI is InChI=1S/C27H23N2O.C22H30GeN.Ir/c1-3-18(4-2)20-14-15-28-25(16-20)21-10-11-22-23-12-13-24(19-8-6-5-7-9-19)29-27(23)30-26(22)17-21;1-16-10-6-9-13-20(16)21-15-19(14-18-11-7-8-12-18)22(17(2)24-21)23(3,4)5;/h5-16,18H,3-4H2,1-2H3;6,9-10,15,18H,7-8,11-12,14H2,1-5H3;/q2*-1;. The van der Waals surface area contributed by atoms with Gasteiger partial charge in [0.15, 0.2) is 0 Å². The molecule has 1 radical (unpaired) electrons. The second-order valence-electron chi connectivity index (χ2n) is 16.1. The van der Waals surface area contributed by atoms with Crippen molar-refractivity contribution in [3.8, 4) is 33.8 Å². The number of furan rings is 1. The van der Waals surface area contributed by atoms with Gasteiger partial charge in [0.2, 0.25) is 5.71 Å². The van der Waals surface area contributed by atoms with Crippen LogP contribution < -0.4 is 4.40 Å². The summed E-state index contributed by atoms with van der Waals surface area (Å²) in [5, 5.41) is 2.03. The molecule has 0 saturated heterocycles. The fourth-order valence-electron chi connectivity index (χ4n) is 8.49. The third-order valence-electron chi connectivity index (χ3n) is 11.2. The van der Waals surface area contributed by atoms with Crippen LogP contribution in [0.2, 0.25) is 17.3 Å². The van der Waals surface area contributed by atoms with E-state index in [1.165, 1.54) is 54.5 Å². The van der Waals surface area contributed by atoms with Crippen LogP contribution in [0.15, 0.2) is 102 Å². The van der Waals surface area contributed by atoms with E-state index in [0.717, 1.165) is 63.3 Å². The van der Waals surface area contributed by atoms with E-state index in [9.17, 15) is 0 Å². The van der Waals surface area contributed by atoms with Crippen LogP contribution in [0.1, 0.15) is 80.7 Å². The molecule has 3 aromatic carbocycles. The second kappa shape index (κ2) is 17.9. The number of nitrogens with zero attached hydrogens (tertiary/aromatic N) is 3. The van der Waals surface area contributed by atoms with Gasteiger partial charge in [-0.15, -0.1) is 17.7 Å². The number of aryl methyl sites for hydroxylation is 2. The molecule has 7 aromatic rings. The SMILES string of the molecule is CCC(CC)c1ccnc(-c2[c-]c3oc4nc(-c5ccccc5)ccc4c3cc2)c1.Cc1ccc[c-]c1-c1cc(CC2CCCC2)[c]([Ge]([CH3])([CH3])[CH3])c(C)n1.[Ir]. The van der Waals surface area contributed by atoms with Crippen molar-refractivity contribution in [2.24, 2.45) is 5.92 Å². The van der Waals surface area contributed by atoms with Crippen molar-refractivity contribution in [2.45, 2.75) is 95.8 Å². The fraction of sp³-hybridized carbons (Fsp3) is 0.327. The number of aromatic nitrogens is 3. The molecular weight excluding hydrogens is 911 g/mol. The number of rotatable bonds is 9. The molecule has 0 bridgehead atoms. The van der Waals surface area contributed by atoms with E-state index in [4.69, 9.17) is 14.4 Å². The molecule has 0 unspecified atom stereocenters. The second-order valence-corrected chi connectivity index (χ2v) is 26.6. The Bertz CT molecular complexity index is 2370. The van der Waals surface area contributed by atoms with Crippen LogP contribution >= 0.6 is 0 Å². The average Bonchev–Trinajstić information content (AvgIpc) is 3.82. The van der Waals surface area contributed by atoms with Gasteiger partial charge in [-0.2, -0.15) is 0 Å². The quantitative estimate of drug-likeness (QED) is 0.107. The molecule has 8 rings (SSSR count). The zero-order valence-corrected chi connectivity index (χ0v) is 37.9. The van der Waals surface area contributed by atoms with Crippen molar-refractivity contribution < 1.29 is 24.5 Å². The van der Waals surface area contributed by atoms with Crippen LogP contribution in [0, 0.1) is 31.9 Å². The minimum Gasteiger partial charge on any atom is 0 e. The smallest absolute Gasteiger partial charge is 0 e. The molecule has 6 heteroatoms. The number of pyridine rings is 3. The van der Waals surface area contributed by atoms with E-state index in [0.29, 0.717) is 11.6 Å². The molecule has 1 aliphatic carbocycles. The number of benzene rings is 3. The maximum Gasteiger partial charge on any atom is 0 e. The molecule has 4 heterocycles. The summed E-state index contributed by atoms with van der Waals surface area (Å²) in [5.74, 6) is 8.94. The summed E-state index contributed by atoms with van der Waals surface area (Å²) in [4.78, 5) is 14.4. The van der Waals surface area contributed by atoms with Crippen LogP contribution in [-0.4, -0.2) is 28.2 Å². The molecule has 0 aliphatic heterocycles. The van der Waals surface area contributed by atoms with Gasteiger partial charge >= 0.3 is 150 Å². The van der Waals surface area contributed by atoms with Gasteiger partial charge in [-0.05, 0) is 36.6 Å². The van der Waals surface area contributed by atoms with Crippen molar-refractivity contribution in [1.29, 1.82) is 0 Å². The summed E-state index contributed by atoms with van der Waals surface area (Å²) in [6.07, 6.45) is 11.0. The summed E-state index contributed by atoms with van der Waals surface area (Å²) in [6.45, 7) is 8.86. The molecule has 0 amide bonds. The van der Waals surface area contributed by atoms with Gasteiger partial charge in [-0.1, -0.05) is 73.3 Å². The van der Waals surface area contributed by atoms with Gasteiger partial charge in [0.1, 0.15) is 0 Å². The molecule has 0 spiro atoms. The number of fused-ring (bicyclic) bond motifs is 3. The largest absolute Gasteiger partial charge is 0 e. The van der Waals surface area contributed by atoms with Crippen molar-refractivity contribution >= 4 is 39.7 Å². The molecule has 4 nitrogen and oxygen atoms in total. The molecule has 1 saturated carbocycles. The molecule has 55 heavy (non-hydrogen) atoms. The summed E-state index contributed by atoms with van der Waals surface area (Å²) in [7, 11) is 0. The third-order valence-corrected chi connectivity index (χ3v) is 15.8. The maximum absolute atomic E-state index is 6.10. The molecule has 1 aliphatic rings. The molecule has 0 N–H and O–H groups in total. The van der Waals surface area contributed by atoms with Crippen molar-refractivity contribution in [3.63, 3.8) is 0 Å². The van der Waals surface area contributed by atoms with Crippen LogP contribution in [0.25, 0.3) is 55.8 Å². The maximum atomic E-state index is 6.10. The van der Waals surface area contributed by atoms with E-state index < -0.39 is 13.3 Å². The molecular formula is C49H53GeIrN3O-2. The predicted molar refractivity (Wildman–Crippen MR) is 229 cm³/mol. The van der Waals surface area contributed by atoms with Crippen LogP contribution in [-0.2, 0) is 26.5 Å². The fourth-order valence-corrected chi connectivity index (χ4v) is 13.3. The van der Waals surface area contributed by atoms with Gasteiger partial charge < -0.3 is 9.40 Å². The minimum atomic E-state index is -1.94. The van der Waals surface area contributed by atoms with Crippen LogP contribution in [0.4, 0.5) is 0 Å². The minimum absolute atomic E-state index is 0. The van der Waals surface area contributed by atoms with Crippen LogP contribution in [0.3, 0.4) is 0 Å². The van der Waals surface area contributed by atoms with Gasteiger partial charge in [-0.3, -0.25) is 0 Å². The van der Waals surface area contributed by atoms with E-state index in [1.807, 2.05) is 36.5 Å². The first-order chi connectivity index (χ1) is 26.1. The van der Waals surface area contributed by atoms with Gasteiger partial charge in [-0.25, -0.2) is 4.98 Å². The zero-order chi connectivity index (χ0) is 37.8. The van der Waals surface area contributed by atoms with Crippen molar-refractivity contribution in [3.05, 3.63) is 132 Å². The van der Waals surface area contributed by atoms with E-state index in [-0.39, 0.29) is 20.1 Å². The zero-order valence-electron chi connectivity index (χ0n) is 33.4. The Morgan fingerprint density at radius 2 is 1.55 bits per heavy atom. The Morgan fingerprint density at radius 3 is 2.25 bits per heavy atom. The molecule has 0 atom stereocenters. The van der Waals surface area contributed by atoms with Crippen molar-refractivity contribution in [1.82, 2.24) is 15.0 Å². The first-order valence-electron chi connectivity index (χ1n) is 19.9. The predicted octanol–water partition coefficient (Wildman–Crippen LogP) is 12.9. The Balaban J connectivity index is 0.000000188. The Morgan fingerprint density at radius 1 is 0.800 bits per heavy atom. The molecule has 1 fully saturated rings. The van der Waals surface area contributed by atoms with E-state index >= 15 is 0 Å². The normalized spacial score (nSPS) is 13.2. The average molecular weight is 965 g/mol. The number of hydrogen-bond donors (Lipinski definition) is 0.